The van der Waals surface area contributed by atoms with E-state index in [1.165, 1.54) is 4.88 Å². The van der Waals surface area contributed by atoms with Crippen molar-refractivity contribution < 1.29 is 4.79 Å². The number of thiophene rings is 1. The van der Waals surface area contributed by atoms with Crippen molar-refractivity contribution >= 4 is 33.2 Å². The lowest BCUT2D eigenvalue weighted by molar-refractivity contribution is -0.135. The van der Waals surface area contributed by atoms with Crippen molar-refractivity contribution in [2.75, 3.05) is 13.1 Å². The summed E-state index contributed by atoms with van der Waals surface area (Å²) in [4.78, 5) is 15.2. The Kier molecular flexibility index (Phi) is 5.42. The van der Waals surface area contributed by atoms with Gasteiger partial charge >= 0.3 is 0 Å². The number of halogens is 1. The minimum absolute atomic E-state index is 0.118. The van der Waals surface area contributed by atoms with E-state index >= 15 is 0 Å². The molecule has 106 valence electrons. The summed E-state index contributed by atoms with van der Waals surface area (Å²) in [6.07, 6.45) is 2.12. The molecular formula is C14H21BrN2OS. The molecule has 1 aromatic rings. The molecule has 1 aliphatic rings. The molecule has 0 radical (unpaired) electrons. The van der Waals surface area contributed by atoms with Gasteiger partial charge in [0.15, 0.2) is 0 Å². The zero-order valence-electron chi connectivity index (χ0n) is 11.5. The van der Waals surface area contributed by atoms with Crippen LogP contribution in [0, 0.1) is 5.92 Å². The summed E-state index contributed by atoms with van der Waals surface area (Å²) in [6.45, 7) is 6.66. The maximum atomic E-state index is 11.9. The van der Waals surface area contributed by atoms with Crippen molar-refractivity contribution in [3.63, 3.8) is 0 Å². The molecule has 0 atom stereocenters. The van der Waals surface area contributed by atoms with Gasteiger partial charge < -0.3 is 10.2 Å². The van der Waals surface area contributed by atoms with E-state index in [-0.39, 0.29) is 5.92 Å². The summed E-state index contributed by atoms with van der Waals surface area (Å²) < 4.78 is 1.16. The van der Waals surface area contributed by atoms with E-state index < -0.39 is 0 Å². The third kappa shape index (κ3) is 4.29. The van der Waals surface area contributed by atoms with Crippen LogP contribution in [-0.4, -0.2) is 29.9 Å². The largest absolute Gasteiger partial charge is 0.342 e. The number of carbonyl (C=O) groups is 1. The van der Waals surface area contributed by atoms with E-state index in [1.807, 2.05) is 18.7 Å². The number of piperidine rings is 1. The fourth-order valence-electron chi connectivity index (χ4n) is 2.36. The number of hydrogen-bond acceptors (Lipinski definition) is 3. The first-order valence-electron chi connectivity index (χ1n) is 6.81. The molecule has 5 heteroatoms. The van der Waals surface area contributed by atoms with Crippen LogP contribution in [-0.2, 0) is 11.3 Å². The topological polar surface area (TPSA) is 32.3 Å². The van der Waals surface area contributed by atoms with Gasteiger partial charge in [0.1, 0.15) is 0 Å². The SMILES string of the molecule is CC(C)C(=O)N1CCC(NCc2cc(Br)cs2)CC1. The summed E-state index contributed by atoms with van der Waals surface area (Å²) >= 11 is 5.25. The molecule has 0 aliphatic carbocycles. The molecule has 1 saturated heterocycles. The van der Waals surface area contributed by atoms with Crippen LogP contribution in [0.1, 0.15) is 31.6 Å². The van der Waals surface area contributed by atoms with Crippen molar-refractivity contribution in [2.45, 2.75) is 39.3 Å². The maximum Gasteiger partial charge on any atom is 0.225 e. The fraction of sp³-hybridized carbons (Fsp3) is 0.643. The number of nitrogens with one attached hydrogen (secondary N) is 1. The molecule has 3 nitrogen and oxygen atoms in total. The van der Waals surface area contributed by atoms with E-state index in [0.29, 0.717) is 11.9 Å². The van der Waals surface area contributed by atoms with Crippen LogP contribution in [0.2, 0.25) is 0 Å². The summed E-state index contributed by atoms with van der Waals surface area (Å²) in [7, 11) is 0. The highest BCUT2D eigenvalue weighted by Gasteiger charge is 2.23. The Morgan fingerprint density at radius 2 is 2.21 bits per heavy atom. The maximum absolute atomic E-state index is 11.9. The Balaban J connectivity index is 1.73. The van der Waals surface area contributed by atoms with Gasteiger partial charge in [0.25, 0.3) is 0 Å². The molecule has 0 aromatic carbocycles. The first-order chi connectivity index (χ1) is 9.06. The van der Waals surface area contributed by atoms with Crippen molar-refractivity contribution in [3.8, 4) is 0 Å². The molecule has 19 heavy (non-hydrogen) atoms. The summed E-state index contributed by atoms with van der Waals surface area (Å²) in [5.74, 6) is 0.411. The highest BCUT2D eigenvalue weighted by molar-refractivity contribution is 9.10. The first-order valence-corrected chi connectivity index (χ1v) is 8.48. The van der Waals surface area contributed by atoms with E-state index in [4.69, 9.17) is 0 Å². The highest BCUT2D eigenvalue weighted by Crippen LogP contribution is 2.20. The Hall–Kier alpha value is -0.390. The number of amides is 1. The number of carbonyl (C=O) groups excluding carboxylic acids is 1. The zero-order valence-corrected chi connectivity index (χ0v) is 13.9. The Labute approximate surface area is 127 Å². The number of likely N-dealkylation sites (tertiary alicyclic amines) is 1. The van der Waals surface area contributed by atoms with Crippen molar-refractivity contribution in [1.82, 2.24) is 10.2 Å². The smallest absolute Gasteiger partial charge is 0.225 e. The van der Waals surface area contributed by atoms with Gasteiger partial charge in [0, 0.05) is 46.3 Å². The van der Waals surface area contributed by atoms with Crippen molar-refractivity contribution in [1.29, 1.82) is 0 Å². The van der Waals surface area contributed by atoms with Crippen LogP contribution >= 0.6 is 27.3 Å². The Morgan fingerprint density at radius 3 is 2.74 bits per heavy atom. The molecule has 1 aromatic heterocycles. The highest BCUT2D eigenvalue weighted by atomic mass is 79.9. The molecule has 1 amide bonds. The second-order valence-corrected chi connectivity index (χ2v) is 7.28. The summed E-state index contributed by atoms with van der Waals surface area (Å²) in [6, 6.07) is 2.70. The van der Waals surface area contributed by atoms with Gasteiger partial charge in [-0.25, -0.2) is 0 Å². The zero-order chi connectivity index (χ0) is 13.8. The predicted octanol–water partition coefficient (Wildman–Crippen LogP) is 3.25. The molecule has 2 heterocycles. The normalized spacial score (nSPS) is 17.2. The lowest BCUT2D eigenvalue weighted by atomic mass is 10.0. The van der Waals surface area contributed by atoms with Gasteiger partial charge in [-0.3, -0.25) is 4.79 Å². The molecule has 2 rings (SSSR count). The van der Waals surface area contributed by atoms with Crippen LogP contribution < -0.4 is 5.32 Å². The molecule has 0 spiro atoms. The van der Waals surface area contributed by atoms with Crippen LogP contribution in [0.5, 0.6) is 0 Å². The van der Waals surface area contributed by atoms with Gasteiger partial charge in [-0.15, -0.1) is 11.3 Å². The second kappa shape index (κ2) is 6.86. The third-order valence-corrected chi connectivity index (χ3v) is 5.18. The quantitative estimate of drug-likeness (QED) is 0.909. The molecule has 1 N–H and O–H groups in total. The van der Waals surface area contributed by atoms with Crippen LogP contribution in [0.15, 0.2) is 15.9 Å². The van der Waals surface area contributed by atoms with Gasteiger partial charge in [0.05, 0.1) is 0 Å². The van der Waals surface area contributed by atoms with E-state index in [0.717, 1.165) is 36.9 Å². The molecule has 0 saturated carbocycles. The van der Waals surface area contributed by atoms with Crippen molar-refractivity contribution in [2.24, 2.45) is 5.92 Å². The standard InChI is InChI=1S/C14H21BrN2OS/c1-10(2)14(18)17-5-3-12(4-6-17)16-8-13-7-11(15)9-19-13/h7,9-10,12,16H,3-6,8H2,1-2H3. The average molecular weight is 345 g/mol. The summed E-state index contributed by atoms with van der Waals surface area (Å²) in [5.41, 5.74) is 0. The van der Waals surface area contributed by atoms with Crippen LogP contribution in [0.25, 0.3) is 0 Å². The van der Waals surface area contributed by atoms with Crippen LogP contribution in [0.4, 0.5) is 0 Å². The lowest BCUT2D eigenvalue weighted by Crippen LogP contribution is -2.45. The number of nitrogens with zero attached hydrogens (tertiary/aromatic N) is 1. The number of hydrogen-bond donors (Lipinski definition) is 1. The lowest BCUT2D eigenvalue weighted by Gasteiger charge is -2.33. The van der Waals surface area contributed by atoms with E-state index in [1.54, 1.807) is 11.3 Å². The predicted molar refractivity (Wildman–Crippen MR) is 83.3 cm³/mol. The first kappa shape index (κ1) is 15.0. The second-order valence-electron chi connectivity index (χ2n) is 5.37. The fourth-order valence-corrected chi connectivity index (χ4v) is 3.76. The average Bonchev–Trinajstić information content (AvgIpc) is 2.82. The Morgan fingerprint density at radius 1 is 1.53 bits per heavy atom. The Bertz CT molecular complexity index is 425. The summed E-state index contributed by atoms with van der Waals surface area (Å²) in [5, 5.41) is 5.70. The molecule has 1 fully saturated rings. The third-order valence-electron chi connectivity index (χ3n) is 3.49. The molecule has 0 unspecified atom stereocenters. The minimum Gasteiger partial charge on any atom is -0.342 e. The van der Waals surface area contributed by atoms with Gasteiger partial charge in [-0.05, 0) is 34.8 Å². The minimum atomic E-state index is 0.118. The molecular weight excluding hydrogens is 324 g/mol. The van der Waals surface area contributed by atoms with E-state index in [2.05, 4.69) is 32.7 Å². The van der Waals surface area contributed by atoms with Gasteiger partial charge in [-0.2, -0.15) is 0 Å². The van der Waals surface area contributed by atoms with Gasteiger partial charge in [0.2, 0.25) is 5.91 Å². The number of rotatable bonds is 4. The van der Waals surface area contributed by atoms with Crippen LogP contribution in [0.3, 0.4) is 0 Å². The van der Waals surface area contributed by atoms with E-state index in [9.17, 15) is 4.79 Å². The molecule has 1 aliphatic heterocycles. The van der Waals surface area contributed by atoms with Gasteiger partial charge in [-0.1, -0.05) is 13.8 Å². The molecule has 0 bridgehead atoms. The monoisotopic (exact) mass is 344 g/mol. The van der Waals surface area contributed by atoms with Crippen molar-refractivity contribution in [3.05, 3.63) is 20.8 Å².